The summed E-state index contributed by atoms with van der Waals surface area (Å²) < 4.78 is 5.51. The Hall–Kier alpha value is -1.16. The number of nitrogens with two attached hydrogens (primary N) is 1. The highest BCUT2D eigenvalue weighted by atomic mass is 16.5. The molecule has 0 aliphatic rings. The van der Waals surface area contributed by atoms with Gasteiger partial charge in [0, 0.05) is 11.6 Å². The molecule has 2 N–H and O–H groups in total. The van der Waals surface area contributed by atoms with E-state index in [0.717, 1.165) is 18.5 Å². The van der Waals surface area contributed by atoms with Crippen molar-refractivity contribution in [2.24, 2.45) is 5.73 Å². The molecule has 0 aromatic carbocycles. The third-order valence-electron chi connectivity index (χ3n) is 2.69. The lowest BCUT2D eigenvalue weighted by Crippen LogP contribution is -2.44. The summed E-state index contributed by atoms with van der Waals surface area (Å²) in [6.07, 6.45) is 1.78. The van der Waals surface area contributed by atoms with Crippen LogP contribution in [0.3, 0.4) is 0 Å². The van der Waals surface area contributed by atoms with E-state index in [9.17, 15) is 0 Å². The fourth-order valence-corrected chi connectivity index (χ4v) is 1.14. The zero-order valence-corrected chi connectivity index (χ0v) is 9.66. The van der Waals surface area contributed by atoms with Gasteiger partial charge in [0.25, 0.3) is 0 Å². The predicted octanol–water partition coefficient (Wildman–Crippen LogP) is 1.68. The fraction of sp³-hybridized carbons (Fsp3) is 0.636. The summed E-state index contributed by atoms with van der Waals surface area (Å²) in [7, 11) is 0. The number of nitrogens with zero attached hydrogens (tertiary/aromatic N) is 2. The highest BCUT2D eigenvalue weighted by Crippen LogP contribution is 2.13. The van der Waals surface area contributed by atoms with Crippen molar-refractivity contribution >= 4 is 0 Å². The van der Waals surface area contributed by atoms with Gasteiger partial charge in [0.2, 0.25) is 5.88 Å². The molecule has 0 bridgehead atoms. The number of aromatic nitrogens is 2. The van der Waals surface area contributed by atoms with E-state index < -0.39 is 0 Å². The zero-order valence-electron chi connectivity index (χ0n) is 9.66. The summed E-state index contributed by atoms with van der Waals surface area (Å²) in [5.41, 5.74) is 6.73. The first-order chi connectivity index (χ1) is 7.09. The molecule has 1 heterocycles. The largest absolute Gasteiger partial charge is 0.475 e. The van der Waals surface area contributed by atoms with Gasteiger partial charge in [-0.1, -0.05) is 13.8 Å². The van der Waals surface area contributed by atoms with E-state index in [1.165, 1.54) is 0 Å². The molecule has 0 spiro atoms. The van der Waals surface area contributed by atoms with Gasteiger partial charge < -0.3 is 10.5 Å². The van der Waals surface area contributed by atoms with Gasteiger partial charge in [-0.05, 0) is 25.8 Å². The molecule has 0 fully saturated rings. The van der Waals surface area contributed by atoms with Crippen LogP contribution < -0.4 is 10.5 Å². The van der Waals surface area contributed by atoms with Crippen LogP contribution in [0, 0.1) is 6.92 Å². The molecule has 1 aromatic heterocycles. The standard InChI is InChI=1S/C11H19N3O/c1-4-11(12,5-2)8-15-10-7-6-9(3)13-14-10/h6-7H,4-5,8,12H2,1-3H3. The molecule has 84 valence electrons. The Kier molecular flexibility index (Phi) is 4.03. The minimum atomic E-state index is -0.257. The molecule has 1 rings (SSSR count). The van der Waals surface area contributed by atoms with E-state index in [2.05, 4.69) is 24.0 Å². The van der Waals surface area contributed by atoms with Crippen LogP contribution in [0.1, 0.15) is 32.4 Å². The summed E-state index contributed by atoms with van der Waals surface area (Å²) in [6.45, 7) is 6.50. The summed E-state index contributed by atoms with van der Waals surface area (Å²) >= 11 is 0. The van der Waals surface area contributed by atoms with E-state index in [1.807, 2.05) is 19.1 Å². The predicted molar refractivity (Wildman–Crippen MR) is 59.8 cm³/mol. The topological polar surface area (TPSA) is 61.0 Å². The van der Waals surface area contributed by atoms with Gasteiger partial charge in [-0.15, -0.1) is 5.10 Å². The molecule has 0 amide bonds. The van der Waals surface area contributed by atoms with E-state index in [4.69, 9.17) is 10.5 Å². The maximum absolute atomic E-state index is 6.10. The molecular weight excluding hydrogens is 190 g/mol. The molecular formula is C11H19N3O. The first kappa shape index (κ1) is 11.9. The molecule has 4 nitrogen and oxygen atoms in total. The van der Waals surface area contributed by atoms with Crippen molar-refractivity contribution in [3.63, 3.8) is 0 Å². The smallest absolute Gasteiger partial charge is 0.233 e. The molecule has 0 radical (unpaired) electrons. The van der Waals surface area contributed by atoms with Crippen LogP contribution in [0.5, 0.6) is 5.88 Å². The lowest BCUT2D eigenvalue weighted by atomic mass is 9.96. The first-order valence-electron chi connectivity index (χ1n) is 5.31. The van der Waals surface area contributed by atoms with Gasteiger partial charge in [0.1, 0.15) is 6.61 Å². The SMILES string of the molecule is CCC(N)(CC)COc1ccc(C)nn1. The van der Waals surface area contributed by atoms with E-state index >= 15 is 0 Å². The zero-order chi connectivity index (χ0) is 11.3. The monoisotopic (exact) mass is 209 g/mol. The average molecular weight is 209 g/mol. The molecule has 0 aliphatic heterocycles. The lowest BCUT2D eigenvalue weighted by molar-refractivity contribution is 0.199. The Labute approximate surface area is 90.8 Å². The summed E-state index contributed by atoms with van der Waals surface area (Å²) in [6, 6.07) is 3.69. The van der Waals surface area contributed by atoms with Crippen molar-refractivity contribution in [1.82, 2.24) is 10.2 Å². The third kappa shape index (κ3) is 3.47. The molecule has 4 heteroatoms. The third-order valence-corrected chi connectivity index (χ3v) is 2.69. The van der Waals surface area contributed by atoms with Crippen LogP contribution in [0.2, 0.25) is 0 Å². The van der Waals surface area contributed by atoms with Crippen molar-refractivity contribution < 1.29 is 4.74 Å². The van der Waals surface area contributed by atoms with E-state index in [1.54, 1.807) is 0 Å². The second-order valence-corrected chi connectivity index (χ2v) is 3.87. The van der Waals surface area contributed by atoms with Crippen LogP contribution in [-0.4, -0.2) is 22.3 Å². The summed E-state index contributed by atoms with van der Waals surface area (Å²) in [4.78, 5) is 0. The highest BCUT2D eigenvalue weighted by molar-refractivity contribution is 5.10. The van der Waals surface area contributed by atoms with Gasteiger partial charge >= 0.3 is 0 Å². The van der Waals surface area contributed by atoms with Crippen molar-refractivity contribution in [2.45, 2.75) is 39.2 Å². The Morgan fingerprint density at radius 2 is 1.93 bits per heavy atom. The molecule has 15 heavy (non-hydrogen) atoms. The minimum Gasteiger partial charge on any atom is -0.475 e. The number of ether oxygens (including phenoxy) is 1. The van der Waals surface area contributed by atoms with Gasteiger partial charge in [0.05, 0.1) is 5.69 Å². The quantitative estimate of drug-likeness (QED) is 0.801. The second-order valence-electron chi connectivity index (χ2n) is 3.87. The Morgan fingerprint density at radius 1 is 1.27 bits per heavy atom. The second kappa shape index (κ2) is 5.07. The van der Waals surface area contributed by atoms with Gasteiger partial charge in [-0.3, -0.25) is 0 Å². The Bertz CT molecular complexity index is 293. The number of aryl methyl sites for hydroxylation is 1. The minimum absolute atomic E-state index is 0.257. The first-order valence-corrected chi connectivity index (χ1v) is 5.31. The lowest BCUT2D eigenvalue weighted by Gasteiger charge is -2.25. The van der Waals surface area contributed by atoms with Crippen LogP contribution in [0.4, 0.5) is 0 Å². The van der Waals surface area contributed by atoms with Crippen LogP contribution in [0.25, 0.3) is 0 Å². The van der Waals surface area contributed by atoms with Crippen LogP contribution in [-0.2, 0) is 0 Å². The summed E-state index contributed by atoms with van der Waals surface area (Å²) in [5.74, 6) is 0.539. The van der Waals surface area contributed by atoms with Gasteiger partial charge in [-0.2, -0.15) is 5.10 Å². The van der Waals surface area contributed by atoms with Crippen LogP contribution in [0.15, 0.2) is 12.1 Å². The van der Waals surface area contributed by atoms with Gasteiger partial charge in [-0.25, -0.2) is 0 Å². The number of hydrogen-bond acceptors (Lipinski definition) is 4. The van der Waals surface area contributed by atoms with Crippen molar-refractivity contribution in [3.05, 3.63) is 17.8 Å². The maximum atomic E-state index is 6.10. The van der Waals surface area contributed by atoms with Crippen LogP contribution >= 0.6 is 0 Å². The highest BCUT2D eigenvalue weighted by Gasteiger charge is 2.21. The van der Waals surface area contributed by atoms with Crippen molar-refractivity contribution in [3.8, 4) is 5.88 Å². The average Bonchev–Trinajstić information content (AvgIpc) is 2.28. The normalized spacial score (nSPS) is 11.5. The molecule has 1 aromatic rings. The van der Waals surface area contributed by atoms with Crippen molar-refractivity contribution in [1.29, 1.82) is 0 Å². The molecule has 0 atom stereocenters. The number of rotatable bonds is 5. The van der Waals surface area contributed by atoms with Crippen molar-refractivity contribution in [2.75, 3.05) is 6.61 Å². The Balaban J connectivity index is 2.53. The summed E-state index contributed by atoms with van der Waals surface area (Å²) in [5, 5.41) is 7.84. The van der Waals surface area contributed by atoms with E-state index in [-0.39, 0.29) is 5.54 Å². The molecule has 0 unspecified atom stereocenters. The molecule has 0 saturated heterocycles. The fourth-order valence-electron chi connectivity index (χ4n) is 1.14. The van der Waals surface area contributed by atoms with E-state index in [0.29, 0.717) is 12.5 Å². The molecule has 0 aliphatic carbocycles. The Morgan fingerprint density at radius 3 is 2.40 bits per heavy atom. The maximum Gasteiger partial charge on any atom is 0.233 e. The van der Waals surface area contributed by atoms with Gasteiger partial charge in [0.15, 0.2) is 0 Å². The number of hydrogen-bond donors (Lipinski definition) is 1. The molecule has 0 saturated carbocycles.